The van der Waals surface area contributed by atoms with Crippen LogP contribution in [0.4, 0.5) is 0 Å². The highest BCUT2D eigenvalue weighted by Gasteiger charge is 2.05. The summed E-state index contributed by atoms with van der Waals surface area (Å²) in [4.78, 5) is 10.6. The van der Waals surface area contributed by atoms with Gasteiger partial charge in [-0.3, -0.25) is 0 Å². The second-order valence-corrected chi connectivity index (χ2v) is 3.38. The van der Waals surface area contributed by atoms with Gasteiger partial charge in [0.2, 0.25) is 0 Å². The summed E-state index contributed by atoms with van der Waals surface area (Å²) in [6.07, 6.45) is 0.828. The van der Waals surface area contributed by atoms with Crippen LogP contribution >= 0.6 is 34.2 Å². The van der Waals surface area contributed by atoms with Crippen molar-refractivity contribution in [3.8, 4) is 9.85 Å². The van der Waals surface area contributed by atoms with Gasteiger partial charge in [-0.15, -0.1) is 0 Å². The molecule has 0 saturated heterocycles. The first-order valence-electron chi connectivity index (χ1n) is 3.60. The number of carbonyl (C=O) groups excluding carboxylic acids is 1. The predicted molar refractivity (Wildman–Crippen MR) is 62.1 cm³/mol. The Morgan fingerprint density at radius 3 is 2.46 bits per heavy atom. The second kappa shape index (κ2) is 5.25. The van der Waals surface area contributed by atoms with Gasteiger partial charge in [0, 0.05) is 27.6 Å². The Morgan fingerprint density at radius 1 is 1.38 bits per heavy atom. The fourth-order valence-electron chi connectivity index (χ4n) is 0.925. The number of rotatable bonds is 2. The Bertz CT molecular complexity index is 347. The Hall–Kier alpha value is -0.530. The van der Waals surface area contributed by atoms with Gasteiger partial charge in [-0.25, -0.2) is 0 Å². The van der Waals surface area contributed by atoms with Gasteiger partial charge >= 0.3 is 0 Å². The van der Waals surface area contributed by atoms with Crippen LogP contribution in [0, 0.1) is 9.85 Å². The van der Waals surface area contributed by atoms with E-state index in [1.54, 1.807) is 12.1 Å². The Labute approximate surface area is 95.6 Å². The van der Waals surface area contributed by atoms with Gasteiger partial charge in [-0.05, 0) is 21.6 Å². The number of hydrogen-bond acceptors (Lipinski definition) is 1. The van der Waals surface area contributed by atoms with Gasteiger partial charge in [0.15, 0.2) is 0 Å². The van der Waals surface area contributed by atoms with Crippen molar-refractivity contribution in [3.63, 3.8) is 0 Å². The Balaban J connectivity index is 2.96. The molecule has 0 fully saturated rings. The Kier molecular flexibility index (Phi) is 4.26. The molecule has 0 spiro atoms. The molecule has 0 aliphatic carbocycles. The summed E-state index contributed by atoms with van der Waals surface area (Å²) >= 11 is 7.62. The van der Waals surface area contributed by atoms with Crippen molar-refractivity contribution < 1.29 is 4.79 Å². The molecule has 1 rings (SSSR count). The maximum atomic E-state index is 10.6. The van der Waals surface area contributed by atoms with Gasteiger partial charge < -0.3 is 4.79 Å². The number of benzene rings is 1. The molecule has 1 nitrogen and oxygen atoms in total. The average Bonchev–Trinajstić information content (AvgIpc) is 2.16. The molecule has 0 radical (unpaired) electrons. The molecular formula is C10H6ClIO. The predicted octanol–water partition coefficient (Wildman–Crippen LogP) is 3.02. The smallest absolute Gasteiger partial charge is 0.139 e. The normalized spacial score (nSPS) is 11.2. The highest BCUT2D eigenvalue weighted by atomic mass is 127. The summed E-state index contributed by atoms with van der Waals surface area (Å²) in [6, 6.07) is 7.12. The van der Waals surface area contributed by atoms with Crippen LogP contribution < -0.4 is 0 Å². The summed E-state index contributed by atoms with van der Waals surface area (Å²) in [5, 5.41) is 0.663. The third kappa shape index (κ3) is 3.02. The molecule has 0 bridgehead atoms. The first kappa shape index (κ1) is 10.6. The molecule has 66 valence electrons. The van der Waals surface area contributed by atoms with E-state index in [0.29, 0.717) is 5.02 Å². The summed E-state index contributed by atoms with van der Waals surface area (Å²) in [7, 11) is 0. The van der Waals surface area contributed by atoms with Crippen LogP contribution in [0.2, 0.25) is 5.02 Å². The van der Waals surface area contributed by atoms with Crippen molar-refractivity contribution in [2.45, 2.75) is 5.92 Å². The maximum absolute atomic E-state index is 10.6. The van der Waals surface area contributed by atoms with Crippen molar-refractivity contribution in [1.82, 2.24) is 0 Å². The van der Waals surface area contributed by atoms with Gasteiger partial charge in [-0.1, -0.05) is 29.7 Å². The molecule has 0 aromatic heterocycles. The van der Waals surface area contributed by atoms with Crippen molar-refractivity contribution in [1.29, 1.82) is 0 Å². The molecule has 13 heavy (non-hydrogen) atoms. The molecule has 1 aromatic rings. The maximum Gasteiger partial charge on any atom is 0.139 e. The molecule has 0 saturated carbocycles. The standard InChI is InChI=1S/C10H6ClIO/c11-10-3-1-8(2-4-10)9(7-13)5-6-12/h1-4,7,9H. The minimum absolute atomic E-state index is 0.339. The van der Waals surface area contributed by atoms with E-state index in [1.165, 1.54) is 0 Å². The second-order valence-electron chi connectivity index (χ2n) is 2.40. The number of halogens is 2. The molecule has 0 amide bonds. The third-order valence-electron chi connectivity index (χ3n) is 1.58. The van der Waals surface area contributed by atoms with Crippen LogP contribution in [0.1, 0.15) is 11.5 Å². The van der Waals surface area contributed by atoms with E-state index in [2.05, 4.69) is 9.85 Å². The summed E-state index contributed by atoms with van der Waals surface area (Å²) < 4.78 is 2.69. The van der Waals surface area contributed by atoms with Crippen molar-refractivity contribution in [2.24, 2.45) is 0 Å². The van der Waals surface area contributed by atoms with Crippen LogP contribution in [0.15, 0.2) is 24.3 Å². The van der Waals surface area contributed by atoms with Crippen molar-refractivity contribution >= 4 is 40.5 Å². The van der Waals surface area contributed by atoms with E-state index in [-0.39, 0.29) is 5.92 Å². The SMILES string of the molecule is O=CC(C#CI)c1ccc(Cl)cc1. The monoisotopic (exact) mass is 304 g/mol. The van der Waals surface area contributed by atoms with Crippen molar-refractivity contribution in [2.75, 3.05) is 0 Å². The van der Waals surface area contributed by atoms with Crippen LogP contribution in [0.5, 0.6) is 0 Å². The van der Waals surface area contributed by atoms with Gasteiger partial charge in [0.05, 0.1) is 0 Å². The third-order valence-corrected chi connectivity index (χ3v) is 2.14. The quantitative estimate of drug-likeness (QED) is 0.466. The highest BCUT2D eigenvalue weighted by Crippen LogP contribution is 2.16. The van der Waals surface area contributed by atoms with Crippen LogP contribution in [0.25, 0.3) is 0 Å². The van der Waals surface area contributed by atoms with Gasteiger partial charge in [0.1, 0.15) is 12.2 Å². The molecule has 0 aliphatic heterocycles. The number of carbonyl (C=O) groups is 1. The van der Waals surface area contributed by atoms with Gasteiger partial charge in [0.25, 0.3) is 0 Å². The lowest BCUT2D eigenvalue weighted by Gasteiger charge is -2.01. The molecule has 1 unspecified atom stereocenters. The molecular weight excluding hydrogens is 298 g/mol. The van der Waals surface area contributed by atoms with Gasteiger partial charge in [-0.2, -0.15) is 0 Å². The number of aldehydes is 1. The lowest BCUT2D eigenvalue weighted by Crippen LogP contribution is -1.95. The van der Waals surface area contributed by atoms with Crippen LogP contribution in [0.3, 0.4) is 0 Å². The minimum Gasteiger partial charge on any atom is -0.302 e. The zero-order chi connectivity index (χ0) is 9.68. The fourth-order valence-corrected chi connectivity index (χ4v) is 1.39. The van der Waals surface area contributed by atoms with E-state index >= 15 is 0 Å². The topological polar surface area (TPSA) is 17.1 Å². The zero-order valence-corrected chi connectivity index (χ0v) is 9.54. The fraction of sp³-hybridized carbons (Fsp3) is 0.100. The molecule has 1 aromatic carbocycles. The molecule has 0 heterocycles. The first-order chi connectivity index (χ1) is 6.27. The molecule has 1 atom stereocenters. The lowest BCUT2D eigenvalue weighted by molar-refractivity contribution is -0.108. The van der Waals surface area contributed by atoms with E-state index in [9.17, 15) is 4.79 Å². The summed E-state index contributed by atoms with van der Waals surface area (Å²) in [5.41, 5.74) is 0.878. The first-order valence-corrected chi connectivity index (χ1v) is 5.05. The summed E-state index contributed by atoms with van der Waals surface area (Å²) in [5.74, 6) is 2.45. The van der Waals surface area contributed by atoms with E-state index in [1.807, 2.05) is 34.7 Å². The zero-order valence-electron chi connectivity index (χ0n) is 6.63. The number of hydrogen-bond donors (Lipinski definition) is 0. The van der Waals surface area contributed by atoms with E-state index in [0.717, 1.165) is 11.8 Å². The summed E-state index contributed by atoms with van der Waals surface area (Å²) in [6.45, 7) is 0. The average molecular weight is 305 g/mol. The minimum atomic E-state index is -0.339. The highest BCUT2D eigenvalue weighted by molar-refractivity contribution is 14.1. The molecule has 3 heteroatoms. The Morgan fingerprint density at radius 2 is 2.00 bits per heavy atom. The van der Waals surface area contributed by atoms with E-state index < -0.39 is 0 Å². The molecule has 0 aliphatic rings. The molecule has 0 N–H and O–H groups in total. The van der Waals surface area contributed by atoms with Crippen LogP contribution in [-0.2, 0) is 4.79 Å². The van der Waals surface area contributed by atoms with Crippen molar-refractivity contribution in [3.05, 3.63) is 34.9 Å². The largest absolute Gasteiger partial charge is 0.302 e. The van der Waals surface area contributed by atoms with E-state index in [4.69, 9.17) is 11.6 Å². The lowest BCUT2D eigenvalue weighted by atomic mass is 10.0. The van der Waals surface area contributed by atoms with Crippen LogP contribution in [-0.4, -0.2) is 6.29 Å².